The molecule has 14 heavy (non-hydrogen) atoms. The summed E-state index contributed by atoms with van der Waals surface area (Å²) in [7, 11) is 0. The molecular weight excluding hydrogens is 183 g/mol. The average Bonchev–Trinajstić information content (AvgIpc) is 2.19. The third-order valence-electron chi connectivity index (χ3n) is 1.87. The first-order valence-corrected chi connectivity index (χ1v) is 4.44. The molecule has 0 amide bonds. The molecule has 0 heterocycles. The Bertz CT molecular complexity index is 321. The van der Waals surface area contributed by atoms with Crippen molar-refractivity contribution in [3.8, 4) is 0 Å². The van der Waals surface area contributed by atoms with E-state index >= 15 is 0 Å². The fourth-order valence-electron chi connectivity index (χ4n) is 1.15. The highest BCUT2D eigenvalue weighted by atomic mass is 19.1. The van der Waals surface area contributed by atoms with Crippen molar-refractivity contribution in [2.75, 3.05) is 6.61 Å². The summed E-state index contributed by atoms with van der Waals surface area (Å²) in [6, 6.07) is 4.22. The van der Waals surface area contributed by atoms with E-state index < -0.39 is 0 Å². The smallest absolute Gasteiger partial charge is 0.123 e. The Labute approximate surface area is 82.3 Å². The molecule has 0 saturated heterocycles. The highest BCUT2D eigenvalue weighted by molar-refractivity contribution is 5.53. The number of hydrogen-bond donors (Lipinski definition) is 2. The van der Waals surface area contributed by atoms with Crippen LogP contribution in [-0.2, 0) is 6.61 Å². The van der Waals surface area contributed by atoms with Crippen LogP contribution in [-0.4, -0.2) is 16.8 Å². The Hall–Kier alpha value is -1.19. The van der Waals surface area contributed by atoms with E-state index in [-0.39, 0.29) is 19.0 Å². The Morgan fingerprint density at radius 1 is 1.29 bits per heavy atom. The molecule has 0 spiro atoms. The van der Waals surface area contributed by atoms with E-state index in [1.54, 1.807) is 18.2 Å². The highest BCUT2D eigenvalue weighted by Gasteiger charge is 1.99. The van der Waals surface area contributed by atoms with Crippen LogP contribution in [0.25, 0.3) is 6.08 Å². The first-order chi connectivity index (χ1) is 6.77. The van der Waals surface area contributed by atoms with Gasteiger partial charge in [0.1, 0.15) is 5.82 Å². The van der Waals surface area contributed by atoms with Crippen molar-refractivity contribution in [1.29, 1.82) is 0 Å². The Morgan fingerprint density at radius 2 is 2.07 bits per heavy atom. The highest BCUT2D eigenvalue weighted by Crippen LogP contribution is 2.13. The molecule has 0 aliphatic heterocycles. The van der Waals surface area contributed by atoms with Gasteiger partial charge in [-0.2, -0.15) is 0 Å². The van der Waals surface area contributed by atoms with Crippen LogP contribution >= 0.6 is 0 Å². The summed E-state index contributed by atoms with van der Waals surface area (Å²) in [6.45, 7) is -0.0423. The van der Waals surface area contributed by atoms with Crippen molar-refractivity contribution >= 4 is 6.08 Å². The zero-order valence-corrected chi connectivity index (χ0v) is 7.78. The van der Waals surface area contributed by atoms with Crippen LogP contribution in [0, 0.1) is 5.82 Å². The molecule has 0 atom stereocenters. The molecule has 0 bridgehead atoms. The molecule has 1 aromatic rings. The van der Waals surface area contributed by atoms with Crippen LogP contribution in [0.1, 0.15) is 17.5 Å². The van der Waals surface area contributed by atoms with Crippen molar-refractivity contribution in [2.45, 2.75) is 13.0 Å². The fourth-order valence-corrected chi connectivity index (χ4v) is 1.15. The van der Waals surface area contributed by atoms with E-state index in [1.807, 2.05) is 0 Å². The van der Waals surface area contributed by atoms with Crippen LogP contribution < -0.4 is 0 Å². The second kappa shape index (κ2) is 5.52. The molecule has 0 aromatic heterocycles. The molecule has 2 nitrogen and oxygen atoms in total. The predicted octanol–water partition coefficient (Wildman–Crippen LogP) is 1.71. The number of benzene rings is 1. The third kappa shape index (κ3) is 2.94. The Morgan fingerprint density at radius 3 is 2.71 bits per heavy atom. The first kappa shape index (κ1) is 10.9. The third-order valence-corrected chi connectivity index (χ3v) is 1.87. The van der Waals surface area contributed by atoms with Crippen LogP contribution in [0.15, 0.2) is 24.3 Å². The molecule has 0 radical (unpaired) electrons. The van der Waals surface area contributed by atoms with Crippen molar-refractivity contribution in [1.82, 2.24) is 0 Å². The van der Waals surface area contributed by atoms with Gasteiger partial charge in [-0.25, -0.2) is 4.39 Å². The lowest BCUT2D eigenvalue weighted by Crippen LogP contribution is -1.89. The standard InChI is InChI=1S/C11H13FO2/c12-11-5-4-10(8-14)9(7-11)3-1-2-6-13/h1,3-5,7,13-14H,2,6,8H2. The maximum absolute atomic E-state index is 12.8. The van der Waals surface area contributed by atoms with Crippen molar-refractivity contribution in [3.63, 3.8) is 0 Å². The zero-order valence-electron chi connectivity index (χ0n) is 7.78. The number of aliphatic hydroxyl groups excluding tert-OH is 2. The summed E-state index contributed by atoms with van der Waals surface area (Å²) in [6.07, 6.45) is 3.97. The quantitative estimate of drug-likeness (QED) is 0.769. The summed E-state index contributed by atoms with van der Waals surface area (Å²) in [5.41, 5.74) is 1.33. The minimum atomic E-state index is -0.328. The van der Waals surface area contributed by atoms with Crippen LogP contribution in [0.4, 0.5) is 4.39 Å². The molecule has 3 heteroatoms. The number of rotatable bonds is 4. The summed E-state index contributed by atoms with van der Waals surface area (Å²) >= 11 is 0. The summed E-state index contributed by atoms with van der Waals surface area (Å²) in [4.78, 5) is 0. The Balaban J connectivity index is 2.87. The summed E-state index contributed by atoms with van der Waals surface area (Å²) in [5.74, 6) is -0.328. The zero-order chi connectivity index (χ0) is 10.4. The minimum absolute atomic E-state index is 0.0697. The first-order valence-electron chi connectivity index (χ1n) is 4.44. The molecule has 76 valence electrons. The molecule has 2 N–H and O–H groups in total. The van der Waals surface area contributed by atoms with Gasteiger partial charge in [-0.1, -0.05) is 18.2 Å². The Kier molecular flexibility index (Phi) is 4.29. The molecule has 0 saturated carbocycles. The summed E-state index contributed by atoms with van der Waals surface area (Å²) in [5, 5.41) is 17.5. The SMILES string of the molecule is OCCC=Cc1cc(F)ccc1CO. The maximum Gasteiger partial charge on any atom is 0.123 e. The lowest BCUT2D eigenvalue weighted by molar-refractivity contribution is 0.281. The maximum atomic E-state index is 12.8. The van der Waals surface area contributed by atoms with Crippen molar-refractivity contribution in [3.05, 3.63) is 41.2 Å². The van der Waals surface area contributed by atoms with E-state index in [2.05, 4.69) is 0 Å². The molecule has 0 aliphatic carbocycles. The van der Waals surface area contributed by atoms with Gasteiger partial charge in [-0.3, -0.25) is 0 Å². The van der Waals surface area contributed by atoms with E-state index in [4.69, 9.17) is 10.2 Å². The van der Waals surface area contributed by atoms with Crippen LogP contribution in [0.2, 0.25) is 0 Å². The van der Waals surface area contributed by atoms with Gasteiger partial charge < -0.3 is 10.2 Å². The molecule has 0 unspecified atom stereocenters. The lowest BCUT2D eigenvalue weighted by Gasteiger charge is -2.02. The van der Waals surface area contributed by atoms with Gasteiger partial charge in [0.2, 0.25) is 0 Å². The van der Waals surface area contributed by atoms with Crippen molar-refractivity contribution in [2.24, 2.45) is 0 Å². The second-order valence-electron chi connectivity index (χ2n) is 2.92. The minimum Gasteiger partial charge on any atom is -0.396 e. The average molecular weight is 196 g/mol. The second-order valence-corrected chi connectivity index (χ2v) is 2.92. The van der Waals surface area contributed by atoms with Crippen LogP contribution in [0.3, 0.4) is 0 Å². The van der Waals surface area contributed by atoms with E-state index in [1.165, 1.54) is 12.1 Å². The monoisotopic (exact) mass is 196 g/mol. The number of halogens is 1. The molecule has 1 aromatic carbocycles. The predicted molar refractivity (Wildman–Crippen MR) is 53.1 cm³/mol. The van der Waals surface area contributed by atoms with Gasteiger partial charge in [0.15, 0.2) is 0 Å². The van der Waals surface area contributed by atoms with Gasteiger partial charge >= 0.3 is 0 Å². The van der Waals surface area contributed by atoms with Gasteiger partial charge in [-0.15, -0.1) is 0 Å². The number of hydrogen-bond acceptors (Lipinski definition) is 2. The van der Waals surface area contributed by atoms with Crippen LogP contribution in [0.5, 0.6) is 0 Å². The summed E-state index contributed by atoms with van der Waals surface area (Å²) < 4.78 is 12.8. The lowest BCUT2D eigenvalue weighted by atomic mass is 10.1. The molecule has 0 fully saturated rings. The molecule has 1 rings (SSSR count). The largest absolute Gasteiger partial charge is 0.396 e. The van der Waals surface area contributed by atoms with Crippen molar-refractivity contribution < 1.29 is 14.6 Å². The van der Waals surface area contributed by atoms with Gasteiger partial charge in [-0.05, 0) is 29.7 Å². The van der Waals surface area contributed by atoms with Gasteiger partial charge in [0, 0.05) is 6.61 Å². The molecular formula is C11H13FO2. The van der Waals surface area contributed by atoms with E-state index in [0.717, 1.165) is 0 Å². The van der Waals surface area contributed by atoms with E-state index in [0.29, 0.717) is 17.5 Å². The number of aliphatic hydroxyl groups is 2. The topological polar surface area (TPSA) is 40.5 Å². The fraction of sp³-hybridized carbons (Fsp3) is 0.273. The van der Waals surface area contributed by atoms with E-state index in [9.17, 15) is 4.39 Å². The van der Waals surface area contributed by atoms with Gasteiger partial charge in [0.25, 0.3) is 0 Å². The molecule has 0 aliphatic rings. The normalized spacial score (nSPS) is 11.1. The van der Waals surface area contributed by atoms with Gasteiger partial charge in [0.05, 0.1) is 6.61 Å².